The van der Waals surface area contributed by atoms with Gasteiger partial charge in [0.05, 0.1) is 6.10 Å². The highest BCUT2D eigenvalue weighted by Gasteiger charge is 2.36. The van der Waals surface area contributed by atoms with Crippen LogP contribution in [0.15, 0.2) is 24.8 Å². The second-order valence-corrected chi connectivity index (χ2v) is 3.73. The first-order chi connectivity index (χ1) is 6.20. The lowest BCUT2D eigenvalue weighted by Crippen LogP contribution is -2.35. The van der Waals surface area contributed by atoms with Crippen molar-refractivity contribution in [3.63, 3.8) is 0 Å². The molecular weight excluding hydrogens is 162 g/mol. The van der Waals surface area contributed by atoms with Crippen LogP contribution < -0.4 is 5.73 Å². The van der Waals surface area contributed by atoms with Crippen LogP contribution in [-0.2, 0) is 4.74 Å². The van der Waals surface area contributed by atoms with E-state index in [9.17, 15) is 0 Å². The van der Waals surface area contributed by atoms with E-state index in [1.54, 1.807) is 13.2 Å². The van der Waals surface area contributed by atoms with Gasteiger partial charge < -0.3 is 10.5 Å². The normalized spacial score (nSPS) is 39.9. The van der Waals surface area contributed by atoms with Gasteiger partial charge in [-0.15, -0.1) is 0 Å². The molecule has 3 unspecified atom stereocenters. The summed E-state index contributed by atoms with van der Waals surface area (Å²) in [6, 6.07) is 0.171. The van der Waals surface area contributed by atoms with Crippen LogP contribution in [0.25, 0.3) is 0 Å². The Hall–Kier alpha value is -0.600. The molecule has 1 aliphatic rings. The highest BCUT2D eigenvalue weighted by atomic mass is 16.5. The molecule has 74 valence electrons. The highest BCUT2D eigenvalue weighted by Crippen LogP contribution is 2.33. The number of rotatable bonds is 3. The fraction of sp³-hybridized carbons (Fsp3) is 0.636. The lowest BCUT2D eigenvalue weighted by Gasteiger charge is -2.16. The van der Waals surface area contributed by atoms with Crippen molar-refractivity contribution in [1.82, 2.24) is 0 Å². The Morgan fingerprint density at radius 2 is 2.23 bits per heavy atom. The SMILES string of the molecule is C=C/C=C\C1C[C@H](OC)C(N)C1C. The number of hydrogen-bond acceptors (Lipinski definition) is 2. The fourth-order valence-electron chi connectivity index (χ4n) is 1.99. The maximum absolute atomic E-state index is 6.01. The van der Waals surface area contributed by atoms with Crippen molar-refractivity contribution in [3.8, 4) is 0 Å². The Kier molecular flexibility index (Phi) is 3.70. The first-order valence-electron chi connectivity index (χ1n) is 4.78. The predicted octanol–water partition coefficient (Wildman–Crippen LogP) is 1.73. The molecule has 1 rings (SSSR count). The Labute approximate surface area is 80.5 Å². The quantitative estimate of drug-likeness (QED) is 0.673. The van der Waals surface area contributed by atoms with E-state index in [0.29, 0.717) is 11.8 Å². The van der Waals surface area contributed by atoms with Gasteiger partial charge in [-0.1, -0.05) is 31.7 Å². The van der Waals surface area contributed by atoms with Crippen LogP contribution in [0.3, 0.4) is 0 Å². The average Bonchev–Trinajstić information content (AvgIpc) is 2.41. The standard InChI is InChI=1S/C11H19NO/c1-4-5-6-9-7-10(13-3)11(12)8(9)2/h4-6,8-11H,1,7,12H2,2-3H3/b6-5-/t8?,9?,10-,11?/m0/s1. The van der Waals surface area contributed by atoms with Crippen molar-refractivity contribution in [2.24, 2.45) is 17.6 Å². The maximum Gasteiger partial charge on any atom is 0.0730 e. The smallest absolute Gasteiger partial charge is 0.0730 e. The predicted molar refractivity (Wildman–Crippen MR) is 55.4 cm³/mol. The van der Waals surface area contributed by atoms with Crippen molar-refractivity contribution in [2.45, 2.75) is 25.5 Å². The second-order valence-electron chi connectivity index (χ2n) is 3.73. The van der Waals surface area contributed by atoms with E-state index in [1.807, 2.05) is 6.08 Å². The molecule has 0 aromatic rings. The van der Waals surface area contributed by atoms with E-state index in [0.717, 1.165) is 6.42 Å². The zero-order chi connectivity index (χ0) is 9.84. The van der Waals surface area contributed by atoms with Crippen molar-refractivity contribution in [2.75, 3.05) is 7.11 Å². The minimum absolute atomic E-state index is 0.171. The van der Waals surface area contributed by atoms with E-state index in [4.69, 9.17) is 10.5 Å². The number of allylic oxidation sites excluding steroid dienone is 3. The fourth-order valence-corrected chi connectivity index (χ4v) is 1.99. The highest BCUT2D eigenvalue weighted by molar-refractivity contribution is 5.06. The molecule has 1 saturated carbocycles. The molecule has 1 aliphatic carbocycles. The zero-order valence-electron chi connectivity index (χ0n) is 8.44. The second kappa shape index (κ2) is 4.58. The number of ether oxygens (including phenoxy) is 1. The topological polar surface area (TPSA) is 35.2 Å². The summed E-state index contributed by atoms with van der Waals surface area (Å²) in [5.41, 5.74) is 6.01. The number of methoxy groups -OCH3 is 1. The summed E-state index contributed by atoms with van der Waals surface area (Å²) in [6.07, 6.45) is 7.22. The van der Waals surface area contributed by atoms with E-state index in [-0.39, 0.29) is 12.1 Å². The third kappa shape index (κ3) is 2.20. The largest absolute Gasteiger partial charge is 0.380 e. The van der Waals surface area contributed by atoms with Crippen LogP contribution in [0, 0.1) is 11.8 Å². The van der Waals surface area contributed by atoms with E-state index < -0.39 is 0 Å². The van der Waals surface area contributed by atoms with Gasteiger partial charge in [0.25, 0.3) is 0 Å². The monoisotopic (exact) mass is 181 g/mol. The van der Waals surface area contributed by atoms with E-state index in [1.165, 1.54) is 0 Å². The van der Waals surface area contributed by atoms with Crippen LogP contribution in [0.1, 0.15) is 13.3 Å². The van der Waals surface area contributed by atoms with Gasteiger partial charge in [0.1, 0.15) is 0 Å². The summed E-state index contributed by atoms with van der Waals surface area (Å²) in [4.78, 5) is 0. The number of hydrogen-bond donors (Lipinski definition) is 1. The van der Waals surface area contributed by atoms with Crippen LogP contribution in [-0.4, -0.2) is 19.3 Å². The molecule has 0 aromatic carbocycles. The van der Waals surface area contributed by atoms with Gasteiger partial charge in [-0.25, -0.2) is 0 Å². The van der Waals surface area contributed by atoms with Crippen molar-refractivity contribution in [1.29, 1.82) is 0 Å². The lowest BCUT2D eigenvalue weighted by molar-refractivity contribution is 0.0907. The van der Waals surface area contributed by atoms with Crippen molar-refractivity contribution < 1.29 is 4.74 Å². The third-order valence-electron chi connectivity index (χ3n) is 3.01. The molecule has 2 N–H and O–H groups in total. The first-order valence-corrected chi connectivity index (χ1v) is 4.78. The summed E-state index contributed by atoms with van der Waals surface area (Å²) < 4.78 is 5.32. The molecule has 0 aliphatic heterocycles. The molecule has 0 bridgehead atoms. The Bertz CT molecular complexity index is 200. The summed E-state index contributed by atoms with van der Waals surface area (Å²) in [5, 5.41) is 0. The van der Waals surface area contributed by atoms with E-state index in [2.05, 4.69) is 19.6 Å². The Balaban J connectivity index is 2.59. The van der Waals surface area contributed by atoms with E-state index >= 15 is 0 Å². The Morgan fingerprint density at radius 1 is 1.54 bits per heavy atom. The maximum atomic E-state index is 6.01. The first kappa shape index (κ1) is 10.5. The van der Waals surface area contributed by atoms with Crippen LogP contribution >= 0.6 is 0 Å². The summed E-state index contributed by atoms with van der Waals surface area (Å²) in [5.74, 6) is 1.04. The lowest BCUT2D eigenvalue weighted by atomic mass is 9.96. The molecule has 0 saturated heterocycles. The van der Waals surface area contributed by atoms with Gasteiger partial charge in [-0.2, -0.15) is 0 Å². The van der Waals surface area contributed by atoms with Gasteiger partial charge in [-0.3, -0.25) is 0 Å². The van der Waals surface area contributed by atoms with Gasteiger partial charge in [0.2, 0.25) is 0 Å². The van der Waals surface area contributed by atoms with Gasteiger partial charge in [-0.05, 0) is 18.3 Å². The Morgan fingerprint density at radius 3 is 2.69 bits per heavy atom. The van der Waals surface area contributed by atoms with Crippen LogP contribution in [0.5, 0.6) is 0 Å². The third-order valence-corrected chi connectivity index (χ3v) is 3.01. The average molecular weight is 181 g/mol. The van der Waals surface area contributed by atoms with Gasteiger partial charge in [0, 0.05) is 13.2 Å². The molecule has 2 nitrogen and oxygen atoms in total. The zero-order valence-corrected chi connectivity index (χ0v) is 8.44. The molecule has 0 radical (unpaired) electrons. The molecule has 0 amide bonds. The number of nitrogens with two attached hydrogens (primary N) is 1. The van der Waals surface area contributed by atoms with Gasteiger partial charge in [0.15, 0.2) is 0 Å². The molecule has 0 spiro atoms. The molecule has 1 fully saturated rings. The minimum Gasteiger partial charge on any atom is -0.380 e. The minimum atomic E-state index is 0.171. The molecule has 13 heavy (non-hydrogen) atoms. The van der Waals surface area contributed by atoms with Crippen LogP contribution in [0.4, 0.5) is 0 Å². The summed E-state index contributed by atoms with van der Waals surface area (Å²) in [7, 11) is 1.73. The molecule has 2 heteroatoms. The van der Waals surface area contributed by atoms with Crippen LogP contribution in [0.2, 0.25) is 0 Å². The summed E-state index contributed by atoms with van der Waals surface area (Å²) >= 11 is 0. The van der Waals surface area contributed by atoms with Crippen molar-refractivity contribution in [3.05, 3.63) is 24.8 Å². The summed E-state index contributed by atoms with van der Waals surface area (Å²) in [6.45, 7) is 5.84. The molecule has 4 atom stereocenters. The van der Waals surface area contributed by atoms with Crippen molar-refractivity contribution >= 4 is 0 Å². The molecule has 0 heterocycles. The van der Waals surface area contributed by atoms with Gasteiger partial charge >= 0.3 is 0 Å². The molecular formula is C11H19NO. The molecule has 0 aromatic heterocycles.